The van der Waals surface area contributed by atoms with E-state index in [1.54, 1.807) is 0 Å². The molecule has 2 aromatic rings. The molecule has 0 spiro atoms. The summed E-state index contributed by atoms with van der Waals surface area (Å²) in [5, 5.41) is 0. The van der Waals surface area contributed by atoms with Gasteiger partial charge in [0, 0.05) is 5.75 Å². The minimum absolute atomic E-state index is 0. The Balaban J connectivity index is 0.00000128. The van der Waals surface area contributed by atoms with Crippen molar-refractivity contribution in [1.82, 2.24) is 0 Å². The second-order valence-corrected chi connectivity index (χ2v) is 3.13. The number of benzene rings is 2. The van der Waals surface area contributed by atoms with E-state index in [-0.39, 0.29) is 51.6 Å². The van der Waals surface area contributed by atoms with Crippen LogP contribution in [0.25, 0.3) is 0 Å². The quantitative estimate of drug-likeness (QED) is 0.565. The first-order valence-electron chi connectivity index (χ1n) is 4.68. The second-order valence-electron chi connectivity index (χ2n) is 3.13. The van der Waals surface area contributed by atoms with Crippen LogP contribution in [0.2, 0.25) is 0 Å². The van der Waals surface area contributed by atoms with Crippen LogP contribution in [-0.4, -0.2) is 23.1 Å². The molecule has 0 saturated carbocycles. The van der Waals surface area contributed by atoms with Crippen LogP contribution in [-0.2, 0) is 6.61 Å². The van der Waals surface area contributed by atoms with Gasteiger partial charge in [-0.05, 0) is 5.56 Å². The summed E-state index contributed by atoms with van der Waals surface area (Å²) in [5.74, 6) is -0.119. The average molecular weight is 305 g/mol. The van der Waals surface area contributed by atoms with Crippen molar-refractivity contribution in [2.75, 3.05) is 0 Å². The molecule has 0 aliphatic rings. The number of ether oxygens (including phenoxy) is 1. The fraction of sp³-hybridized carbons (Fsp3) is 0.0769. The number of hydrogen-bond donors (Lipinski definition) is 0. The van der Waals surface area contributed by atoms with E-state index in [1.165, 1.54) is 18.2 Å². The maximum Gasteiger partial charge on any atom is 2.00 e. The molecule has 2 rings (SSSR count). The first kappa shape index (κ1) is 16.4. The summed E-state index contributed by atoms with van der Waals surface area (Å²) >= 11 is 0. The number of hydrogen-bond acceptors (Lipinski definition) is 1. The van der Waals surface area contributed by atoms with Gasteiger partial charge in [0.2, 0.25) is 0 Å². The Morgan fingerprint density at radius 2 is 1.82 bits per heavy atom. The van der Waals surface area contributed by atoms with Crippen molar-refractivity contribution in [3.05, 3.63) is 66.0 Å². The van der Waals surface area contributed by atoms with E-state index in [9.17, 15) is 4.39 Å². The van der Waals surface area contributed by atoms with Gasteiger partial charge in [0.15, 0.2) is 0 Å². The van der Waals surface area contributed by atoms with Crippen LogP contribution in [0, 0.1) is 11.9 Å². The summed E-state index contributed by atoms with van der Waals surface area (Å²) < 4.78 is 18.5. The van der Waals surface area contributed by atoms with E-state index in [2.05, 4.69) is 6.07 Å². The molecular weight excluding hydrogens is 295 g/mol. The zero-order valence-corrected chi connectivity index (χ0v) is 12.2. The molecule has 0 aromatic heterocycles. The van der Waals surface area contributed by atoms with E-state index < -0.39 is 0 Å². The van der Waals surface area contributed by atoms with Gasteiger partial charge in [0.05, 0.1) is 12.4 Å². The van der Waals surface area contributed by atoms with Crippen LogP contribution in [0.5, 0.6) is 5.75 Å². The summed E-state index contributed by atoms with van der Waals surface area (Å²) in [7, 11) is 0. The molecule has 0 N–H and O–H groups in total. The van der Waals surface area contributed by atoms with Gasteiger partial charge in [-0.25, -0.2) is 4.39 Å². The zero-order valence-electron chi connectivity index (χ0n) is 9.20. The van der Waals surface area contributed by atoms with Gasteiger partial charge in [-0.15, -0.1) is 12.1 Å². The smallest absolute Gasteiger partial charge is 1.00 e. The molecule has 0 aliphatic carbocycles. The molecule has 4 heteroatoms. The topological polar surface area (TPSA) is 9.23 Å². The van der Waals surface area contributed by atoms with Crippen LogP contribution in [0.3, 0.4) is 0 Å². The number of halogens is 2. The van der Waals surface area contributed by atoms with Gasteiger partial charge in [-0.2, -0.15) is 12.1 Å². The molecule has 0 fully saturated rings. The monoisotopic (exact) mass is 304 g/mol. The van der Waals surface area contributed by atoms with Crippen molar-refractivity contribution in [2.24, 2.45) is 0 Å². The van der Waals surface area contributed by atoms with E-state index in [4.69, 9.17) is 4.74 Å². The first-order valence-corrected chi connectivity index (χ1v) is 4.68. The maximum absolute atomic E-state index is 13.1. The molecule has 0 radical (unpaired) electrons. The van der Waals surface area contributed by atoms with E-state index in [0.29, 0.717) is 6.61 Å². The Labute approximate surface area is 127 Å². The normalized spacial score (nSPS) is 8.76. The fourth-order valence-electron chi connectivity index (χ4n) is 1.24. The molecule has 0 bridgehead atoms. The summed E-state index contributed by atoms with van der Waals surface area (Å²) in [6.45, 7) is 0.371. The third kappa shape index (κ3) is 5.06. The molecule has 1 nitrogen and oxygen atoms in total. The SMILES string of the molecule is Fc1cc[c-]cc1OCc1ccccc1.[Br-].[Mg+2]. The molecule has 0 aliphatic heterocycles. The van der Waals surface area contributed by atoms with Gasteiger partial charge < -0.3 is 21.7 Å². The largest absolute Gasteiger partial charge is 2.00 e. The van der Waals surface area contributed by atoms with E-state index in [1.807, 2.05) is 30.3 Å². The third-order valence-electron chi connectivity index (χ3n) is 2.01. The van der Waals surface area contributed by atoms with Gasteiger partial charge in [-0.3, -0.25) is 0 Å². The molecule has 84 valence electrons. The molecular formula is C13H10BrFMgO. The van der Waals surface area contributed by atoms with Crippen LogP contribution in [0.15, 0.2) is 48.5 Å². The van der Waals surface area contributed by atoms with Crippen LogP contribution < -0.4 is 21.7 Å². The summed E-state index contributed by atoms with van der Waals surface area (Å²) in [4.78, 5) is 0. The summed E-state index contributed by atoms with van der Waals surface area (Å²) in [6.07, 6.45) is 0. The van der Waals surface area contributed by atoms with Crippen molar-refractivity contribution < 1.29 is 26.1 Å². The van der Waals surface area contributed by atoms with Crippen LogP contribution in [0.1, 0.15) is 5.56 Å². The molecule has 2 aromatic carbocycles. The van der Waals surface area contributed by atoms with Crippen LogP contribution in [0.4, 0.5) is 4.39 Å². The first-order chi connectivity index (χ1) is 7.36. The minimum atomic E-state index is -0.357. The second kappa shape index (κ2) is 8.50. The average Bonchev–Trinajstić information content (AvgIpc) is 2.29. The molecule has 0 atom stereocenters. The Bertz CT molecular complexity index is 436. The van der Waals surface area contributed by atoms with E-state index >= 15 is 0 Å². The van der Waals surface area contributed by atoms with Crippen molar-refractivity contribution in [3.8, 4) is 5.75 Å². The fourth-order valence-corrected chi connectivity index (χ4v) is 1.24. The predicted molar refractivity (Wildman–Crippen MR) is 61.8 cm³/mol. The summed E-state index contributed by atoms with van der Waals surface area (Å²) in [5.41, 5.74) is 1.01. The van der Waals surface area contributed by atoms with Crippen molar-refractivity contribution in [2.45, 2.75) is 6.61 Å². The van der Waals surface area contributed by atoms with Gasteiger partial charge in [0.25, 0.3) is 0 Å². The Kier molecular flexibility index (Phi) is 8.21. The van der Waals surface area contributed by atoms with Crippen LogP contribution >= 0.6 is 0 Å². The number of rotatable bonds is 3. The molecule has 0 unspecified atom stereocenters. The Morgan fingerprint density at radius 3 is 2.47 bits per heavy atom. The molecule has 0 amide bonds. The Hall–Kier alpha value is -0.584. The van der Waals surface area contributed by atoms with Crippen molar-refractivity contribution >= 4 is 23.1 Å². The standard InChI is InChI=1S/C13H10FO.BrH.Mg/c14-12-8-4-5-9-13(12)15-10-11-6-2-1-3-7-11;;/h1-4,6-9H,10H2;1H;/q-1;;+2/p-1. The maximum atomic E-state index is 13.1. The minimum Gasteiger partial charge on any atom is -1.00 e. The molecule has 17 heavy (non-hydrogen) atoms. The van der Waals surface area contributed by atoms with Gasteiger partial charge >= 0.3 is 23.1 Å². The van der Waals surface area contributed by atoms with Gasteiger partial charge in [-0.1, -0.05) is 30.3 Å². The molecule has 0 heterocycles. The van der Waals surface area contributed by atoms with Crippen molar-refractivity contribution in [3.63, 3.8) is 0 Å². The molecule has 0 saturated heterocycles. The van der Waals surface area contributed by atoms with Crippen molar-refractivity contribution in [1.29, 1.82) is 0 Å². The third-order valence-corrected chi connectivity index (χ3v) is 2.01. The summed E-state index contributed by atoms with van der Waals surface area (Å²) in [6, 6.07) is 16.8. The zero-order chi connectivity index (χ0) is 10.5. The predicted octanol–water partition coefficient (Wildman–Crippen LogP) is -0.172. The van der Waals surface area contributed by atoms with E-state index in [0.717, 1.165) is 5.56 Å². The Morgan fingerprint density at radius 1 is 1.12 bits per heavy atom. The van der Waals surface area contributed by atoms with Gasteiger partial charge in [0.1, 0.15) is 0 Å².